The monoisotopic (exact) mass is 326 g/mol. The standard InChI is InChI=1S/C14H22N4O3S/c1-14(2,3)8-11(19)16-17-12(20)10-9-22-13(15-10)18-4-6-21-7-5-18/h9H,4-8H2,1-3H3,(H,16,19)(H,17,20). The molecule has 7 nitrogen and oxygen atoms in total. The van der Waals surface area contributed by atoms with Crippen LogP contribution >= 0.6 is 11.3 Å². The van der Waals surface area contributed by atoms with Crippen LogP contribution in [-0.4, -0.2) is 43.1 Å². The zero-order valence-corrected chi connectivity index (χ0v) is 14.0. The number of anilines is 1. The fourth-order valence-electron chi connectivity index (χ4n) is 1.98. The summed E-state index contributed by atoms with van der Waals surface area (Å²) < 4.78 is 5.29. The number of hydrazine groups is 1. The summed E-state index contributed by atoms with van der Waals surface area (Å²) in [5.41, 5.74) is 5.00. The van der Waals surface area contributed by atoms with Crippen molar-refractivity contribution in [2.75, 3.05) is 31.2 Å². The molecule has 1 aromatic heterocycles. The summed E-state index contributed by atoms with van der Waals surface area (Å²) in [6.07, 6.45) is 0.337. The molecule has 1 aliphatic heterocycles. The third-order valence-corrected chi connectivity index (χ3v) is 3.91. The lowest BCUT2D eigenvalue weighted by Gasteiger charge is -2.25. The minimum Gasteiger partial charge on any atom is -0.378 e. The molecule has 2 rings (SSSR count). The van der Waals surface area contributed by atoms with Gasteiger partial charge in [0.2, 0.25) is 5.91 Å². The predicted molar refractivity (Wildman–Crippen MR) is 84.8 cm³/mol. The van der Waals surface area contributed by atoms with Crippen LogP contribution in [0.4, 0.5) is 5.13 Å². The van der Waals surface area contributed by atoms with Crippen molar-refractivity contribution < 1.29 is 14.3 Å². The van der Waals surface area contributed by atoms with Crippen LogP contribution in [0.1, 0.15) is 37.7 Å². The van der Waals surface area contributed by atoms with Gasteiger partial charge in [-0.15, -0.1) is 11.3 Å². The van der Waals surface area contributed by atoms with E-state index in [2.05, 4.69) is 20.7 Å². The van der Waals surface area contributed by atoms with E-state index in [1.54, 1.807) is 5.38 Å². The van der Waals surface area contributed by atoms with Crippen LogP contribution in [0.2, 0.25) is 0 Å². The summed E-state index contributed by atoms with van der Waals surface area (Å²) >= 11 is 1.41. The molecule has 122 valence electrons. The normalized spacial score (nSPS) is 15.5. The molecule has 2 heterocycles. The van der Waals surface area contributed by atoms with E-state index in [1.165, 1.54) is 11.3 Å². The number of aromatic nitrogens is 1. The molecule has 1 saturated heterocycles. The maximum atomic E-state index is 12.0. The number of hydrogen-bond acceptors (Lipinski definition) is 6. The second kappa shape index (κ2) is 7.06. The number of carbonyl (C=O) groups is 2. The van der Waals surface area contributed by atoms with Crippen molar-refractivity contribution in [2.24, 2.45) is 5.41 Å². The van der Waals surface area contributed by atoms with Crippen molar-refractivity contribution in [3.63, 3.8) is 0 Å². The maximum Gasteiger partial charge on any atom is 0.289 e. The van der Waals surface area contributed by atoms with Crippen molar-refractivity contribution in [1.29, 1.82) is 0 Å². The number of nitrogens with zero attached hydrogens (tertiary/aromatic N) is 2. The topological polar surface area (TPSA) is 83.6 Å². The largest absolute Gasteiger partial charge is 0.378 e. The number of rotatable bonds is 3. The summed E-state index contributed by atoms with van der Waals surface area (Å²) in [6, 6.07) is 0. The minimum absolute atomic E-state index is 0.126. The van der Waals surface area contributed by atoms with E-state index in [-0.39, 0.29) is 11.3 Å². The van der Waals surface area contributed by atoms with E-state index >= 15 is 0 Å². The van der Waals surface area contributed by atoms with Crippen molar-refractivity contribution in [3.8, 4) is 0 Å². The quantitative estimate of drug-likeness (QED) is 0.815. The Morgan fingerprint density at radius 2 is 2.00 bits per heavy atom. The highest BCUT2D eigenvalue weighted by Crippen LogP contribution is 2.21. The molecule has 0 aliphatic carbocycles. The van der Waals surface area contributed by atoms with E-state index in [1.807, 2.05) is 20.8 Å². The lowest BCUT2D eigenvalue weighted by atomic mass is 9.92. The summed E-state index contributed by atoms with van der Waals surface area (Å²) in [6.45, 7) is 8.78. The summed E-state index contributed by atoms with van der Waals surface area (Å²) in [7, 11) is 0. The number of ether oxygens (including phenoxy) is 1. The van der Waals surface area contributed by atoms with Crippen LogP contribution in [0.3, 0.4) is 0 Å². The van der Waals surface area contributed by atoms with Crippen LogP contribution in [0.25, 0.3) is 0 Å². The summed E-state index contributed by atoms with van der Waals surface area (Å²) in [5.74, 6) is -0.623. The van der Waals surface area contributed by atoms with Crippen LogP contribution in [0, 0.1) is 5.41 Å². The van der Waals surface area contributed by atoms with Gasteiger partial charge in [0, 0.05) is 24.9 Å². The van der Waals surface area contributed by atoms with Crippen molar-refractivity contribution in [3.05, 3.63) is 11.1 Å². The van der Waals surface area contributed by atoms with Gasteiger partial charge in [0.15, 0.2) is 5.13 Å². The van der Waals surface area contributed by atoms with Gasteiger partial charge < -0.3 is 9.64 Å². The summed E-state index contributed by atoms with van der Waals surface area (Å²) in [5, 5.41) is 2.49. The molecule has 0 atom stereocenters. The van der Waals surface area contributed by atoms with Gasteiger partial charge in [0.25, 0.3) is 5.91 Å². The van der Waals surface area contributed by atoms with Gasteiger partial charge in [-0.3, -0.25) is 20.4 Å². The second-order valence-electron chi connectivity index (χ2n) is 6.35. The third-order valence-electron chi connectivity index (χ3n) is 3.01. The van der Waals surface area contributed by atoms with E-state index in [4.69, 9.17) is 4.74 Å². The Labute approximate surface area is 134 Å². The molecule has 0 unspecified atom stereocenters. The molecule has 0 radical (unpaired) electrons. The summed E-state index contributed by atoms with van der Waals surface area (Å²) in [4.78, 5) is 30.1. The highest BCUT2D eigenvalue weighted by atomic mass is 32.1. The van der Waals surface area contributed by atoms with Gasteiger partial charge >= 0.3 is 0 Å². The lowest BCUT2D eigenvalue weighted by Crippen LogP contribution is -2.43. The highest BCUT2D eigenvalue weighted by molar-refractivity contribution is 7.13. The molecular formula is C14H22N4O3S. The molecule has 8 heteroatoms. The maximum absolute atomic E-state index is 12.0. The number of carbonyl (C=O) groups excluding carboxylic acids is 2. The Morgan fingerprint density at radius 3 is 2.64 bits per heavy atom. The molecule has 1 aliphatic rings. The molecule has 0 bridgehead atoms. The smallest absolute Gasteiger partial charge is 0.289 e. The molecule has 0 aromatic carbocycles. The van der Waals surface area contributed by atoms with E-state index in [9.17, 15) is 9.59 Å². The molecule has 0 saturated carbocycles. The number of amides is 2. The van der Waals surface area contributed by atoms with Crippen molar-refractivity contribution in [2.45, 2.75) is 27.2 Å². The Balaban J connectivity index is 1.85. The number of thiazole rings is 1. The fraction of sp³-hybridized carbons (Fsp3) is 0.643. The Bertz CT molecular complexity index is 532. The van der Waals surface area contributed by atoms with Crippen LogP contribution in [0.5, 0.6) is 0 Å². The molecule has 1 aromatic rings. The van der Waals surface area contributed by atoms with Crippen molar-refractivity contribution >= 4 is 28.3 Å². The fourth-order valence-corrected chi connectivity index (χ4v) is 2.84. The van der Waals surface area contributed by atoms with Gasteiger partial charge in [0.1, 0.15) is 5.69 Å². The van der Waals surface area contributed by atoms with Gasteiger partial charge in [-0.05, 0) is 5.41 Å². The lowest BCUT2D eigenvalue weighted by molar-refractivity contribution is -0.123. The van der Waals surface area contributed by atoms with Crippen LogP contribution in [-0.2, 0) is 9.53 Å². The molecule has 2 N–H and O–H groups in total. The Kier molecular flexibility index (Phi) is 5.36. The Morgan fingerprint density at radius 1 is 1.32 bits per heavy atom. The third kappa shape index (κ3) is 4.96. The minimum atomic E-state index is -0.405. The average molecular weight is 326 g/mol. The first-order chi connectivity index (χ1) is 10.3. The first-order valence-corrected chi connectivity index (χ1v) is 8.10. The predicted octanol–water partition coefficient (Wildman–Crippen LogP) is 1.18. The van der Waals surface area contributed by atoms with E-state index in [0.29, 0.717) is 25.3 Å². The van der Waals surface area contributed by atoms with Crippen molar-refractivity contribution in [1.82, 2.24) is 15.8 Å². The first kappa shape index (κ1) is 16.7. The molecule has 2 amide bonds. The van der Waals surface area contributed by atoms with Crippen LogP contribution < -0.4 is 15.8 Å². The van der Waals surface area contributed by atoms with E-state index in [0.717, 1.165) is 18.2 Å². The highest BCUT2D eigenvalue weighted by Gasteiger charge is 2.19. The zero-order valence-electron chi connectivity index (χ0n) is 13.1. The molecule has 22 heavy (non-hydrogen) atoms. The number of morpholine rings is 1. The molecule has 0 spiro atoms. The number of hydrogen-bond donors (Lipinski definition) is 2. The van der Waals surface area contributed by atoms with Gasteiger partial charge in [0.05, 0.1) is 13.2 Å². The molecule has 1 fully saturated rings. The van der Waals surface area contributed by atoms with E-state index < -0.39 is 5.91 Å². The Hall–Kier alpha value is -1.67. The number of nitrogens with one attached hydrogen (secondary N) is 2. The molecular weight excluding hydrogens is 304 g/mol. The first-order valence-electron chi connectivity index (χ1n) is 7.22. The van der Waals surface area contributed by atoms with Gasteiger partial charge in [-0.2, -0.15) is 0 Å². The van der Waals surface area contributed by atoms with Gasteiger partial charge in [-0.25, -0.2) is 4.98 Å². The van der Waals surface area contributed by atoms with Crippen LogP contribution in [0.15, 0.2) is 5.38 Å². The zero-order chi connectivity index (χ0) is 16.2. The SMILES string of the molecule is CC(C)(C)CC(=O)NNC(=O)c1csc(N2CCOCC2)n1. The van der Waals surface area contributed by atoms with Gasteiger partial charge in [-0.1, -0.05) is 20.8 Å². The average Bonchev–Trinajstić information content (AvgIpc) is 2.94. The second-order valence-corrected chi connectivity index (χ2v) is 7.19.